The van der Waals surface area contributed by atoms with Crippen LogP contribution in [-0.4, -0.2) is 41.8 Å². The predicted molar refractivity (Wildman–Crippen MR) is 90.0 cm³/mol. The van der Waals surface area contributed by atoms with Gasteiger partial charge in [-0.2, -0.15) is 0 Å². The van der Waals surface area contributed by atoms with Gasteiger partial charge in [0.05, 0.1) is 0 Å². The molecule has 2 aliphatic rings. The molecule has 1 unspecified atom stereocenters. The highest BCUT2D eigenvalue weighted by molar-refractivity contribution is 5.69. The topological polar surface area (TPSA) is 41.6 Å². The van der Waals surface area contributed by atoms with E-state index >= 15 is 0 Å². The molecule has 0 aliphatic heterocycles. The fraction of sp³-hybridized carbons (Fsp3) is 0.944. The van der Waals surface area contributed by atoms with E-state index in [0.29, 0.717) is 17.5 Å². The largest absolute Gasteiger partial charge is 0.444 e. The van der Waals surface area contributed by atoms with E-state index in [-0.39, 0.29) is 6.09 Å². The molecule has 0 aromatic heterocycles. The van der Waals surface area contributed by atoms with Gasteiger partial charge in [0, 0.05) is 25.2 Å². The first-order valence-electron chi connectivity index (χ1n) is 8.92. The van der Waals surface area contributed by atoms with Crippen molar-refractivity contribution in [2.45, 2.75) is 90.8 Å². The van der Waals surface area contributed by atoms with Crippen LogP contribution in [0.25, 0.3) is 0 Å². The van der Waals surface area contributed by atoms with Crippen molar-refractivity contribution >= 4 is 6.09 Å². The normalized spacial score (nSPS) is 24.9. The summed E-state index contributed by atoms with van der Waals surface area (Å²) in [7, 11) is 0. The van der Waals surface area contributed by atoms with Crippen LogP contribution >= 0.6 is 0 Å². The van der Waals surface area contributed by atoms with Crippen LogP contribution in [-0.2, 0) is 4.74 Å². The molecule has 2 fully saturated rings. The molecule has 2 aliphatic carbocycles. The molecule has 0 radical (unpaired) electrons. The number of hydrogen-bond acceptors (Lipinski definition) is 3. The lowest BCUT2D eigenvalue weighted by Crippen LogP contribution is -2.48. The Kier molecular flexibility index (Phi) is 5.41. The maximum Gasteiger partial charge on any atom is 0.410 e. The van der Waals surface area contributed by atoms with Crippen molar-refractivity contribution in [3.8, 4) is 0 Å². The van der Waals surface area contributed by atoms with Crippen LogP contribution in [0.1, 0.15) is 73.1 Å². The minimum absolute atomic E-state index is 0.153. The van der Waals surface area contributed by atoms with Gasteiger partial charge in [0.15, 0.2) is 0 Å². The first-order valence-corrected chi connectivity index (χ1v) is 8.92. The minimum Gasteiger partial charge on any atom is -0.444 e. The lowest BCUT2D eigenvalue weighted by atomic mass is 9.73. The number of carbonyl (C=O) groups excluding carboxylic acids is 1. The van der Waals surface area contributed by atoms with Gasteiger partial charge in [-0.15, -0.1) is 0 Å². The van der Waals surface area contributed by atoms with E-state index in [0.717, 1.165) is 25.9 Å². The van der Waals surface area contributed by atoms with Crippen LogP contribution in [0.4, 0.5) is 4.79 Å². The van der Waals surface area contributed by atoms with Crippen molar-refractivity contribution in [1.82, 2.24) is 10.2 Å². The molecular weight excluding hydrogens is 276 g/mol. The Morgan fingerprint density at radius 2 is 1.91 bits per heavy atom. The summed E-state index contributed by atoms with van der Waals surface area (Å²) in [5.74, 6) is 0. The molecule has 0 saturated heterocycles. The van der Waals surface area contributed by atoms with Gasteiger partial charge < -0.3 is 15.0 Å². The average molecular weight is 310 g/mol. The Balaban J connectivity index is 1.81. The predicted octanol–water partition coefficient (Wildman–Crippen LogP) is 3.94. The van der Waals surface area contributed by atoms with Crippen molar-refractivity contribution in [1.29, 1.82) is 0 Å². The zero-order valence-corrected chi connectivity index (χ0v) is 15.1. The van der Waals surface area contributed by atoms with Crippen molar-refractivity contribution in [3.63, 3.8) is 0 Å². The van der Waals surface area contributed by atoms with Crippen LogP contribution in [0.15, 0.2) is 0 Å². The molecule has 4 nitrogen and oxygen atoms in total. The zero-order valence-electron chi connectivity index (χ0n) is 15.1. The summed E-state index contributed by atoms with van der Waals surface area (Å²) in [6.45, 7) is 12.1. The SMILES string of the molecule is CC(C)(C)OC(=O)N(CCNC1CCCCC1(C)C)C1CC1. The number of ether oxygens (including phenoxy) is 1. The molecule has 4 heteroatoms. The van der Waals surface area contributed by atoms with E-state index in [1.807, 2.05) is 25.7 Å². The molecule has 1 amide bonds. The number of nitrogens with one attached hydrogen (secondary N) is 1. The fourth-order valence-corrected chi connectivity index (χ4v) is 3.36. The molecule has 0 heterocycles. The monoisotopic (exact) mass is 310 g/mol. The zero-order chi connectivity index (χ0) is 16.4. The number of carbonyl (C=O) groups is 1. The molecule has 1 atom stereocenters. The molecule has 22 heavy (non-hydrogen) atoms. The molecule has 0 spiro atoms. The van der Waals surface area contributed by atoms with Crippen LogP contribution in [0, 0.1) is 5.41 Å². The second-order valence-corrected chi connectivity index (χ2v) is 8.65. The molecule has 128 valence electrons. The Morgan fingerprint density at radius 3 is 2.45 bits per heavy atom. The third kappa shape index (κ3) is 5.15. The van der Waals surface area contributed by atoms with Crippen LogP contribution in [0.2, 0.25) is 0 Å². The first-order chi connectivity index (χ1) is 10.2. The molecular formula is C18H34N2O2. The van der Waals surface area contributed by atoms with E-state index in [4.69, 9.17) is 4.74 Å². The van der Waals surface area contributed by atoms with Crippen molar-refractivity contribution in [2.75, 3.05) is 13.1 Å². The van der Waals surface area contributed by atoms with Gasteiger partial charge in [0.25, 0.3) is 0 Å². The van der Waals surface area contributed by atoms with E-state index in [1.165, 1.54) is 25.7 Å². The van der Waals surface area contributed by atoms with E-state index in [9.17, 15) is 4.79 Å². The lowest BCUT2D eigenvalue weighted by Gasteiger charge is -2.39. The molecule has 2 rings (SSSR count). The highest BCUT2D eigenvalue weighted by Crippen LogP contribution is 2.35. The van der Waals surface area contributed by atoms with E-state index in [2.05, 4.69) is 19.2 Å². The first kappa shape index (κ1) is 17.6. The standard InChI is InChI=1S/C18H34N2O2/c1-17(2,3)22-16(21)20(14-9-10-14)13-12-19-15-8-6-7-11-18(15,4)5/h14-15,19H,6-13H2,1-5H3. The quantitative estimate of drug-likeness (QED) is 0.836. The summed E-state index contributed by atoms with van der Waals surface area (Å²) in [5.41, 5.74) is -0.0441. The Labute approximate surface area is 136 Å². The number of rotatable bonds is 5. The van der Waals surface area contributed by atoms with Gasteiger partial charge in [0.1, 0.15) is 5.60 Å². The van der Waals surface area contributed by atoms with E-state index < -0.39 is 5.60 Å². The van der Waals surface area contributed by atoms with Crippen LogP contribution in [0.5, 0.6) is 0 Å². The van der Waals surface area contributed by atoms with Gasteiger partial charge in [-0.3, -0.25) is 0 Å². The Bertz CT molecular complexity index is 383. The summed E-state index contributed by atoms with van der Waals surface area (Å²) in [4.78, 5) is 14.3. The molecule has 0 aromatic rings. The molecule has 0 bridgehead atoms. The lowest BCUT2D eigenvalue weighted by molar-refractivity contribution is 0.0230. The third-order valence-corrected chi connectivity index (χ3v) is 4.87. The summed E-state index contributed by atoms with van der Waals surface area (Å²) >= 11 is 0. The number of hydrogen-bond donors (Lipinski definition) is 1. The van der Waals surface area contributed by atoms with Gasteiger partial charge in [-0.1, -0.05) is 26.7 Å². The Morgan fingerprint density at radius 1 is 1.23 bits per heavy atom. The van der Waals surface area contributed by atoms with Gasteiger partial charge in [0.2, 0.25) is 0 Å². The van der Waals surface area contributed by atoms with Gasteiger partial charge >= 0.3 is 6.09 Å². The maximum atomic E-state index is 12.3. The summed E-state index contributed by atoms with van der Waals surface area (Å²) in [5, 5.41) is 3.69. The van der Waals surface area contributed by atoms with Gasteiger partial charge in [-0.25, -0.2) is 4.79 Å². The molecule has 2 saturated carbocycles. The van der Waals surface area contributed by atoms with Crippen molar-refractivity contribution < 1.29 is 9.53 Å². The number of nitrogens with zero attached hydrogens (tertiary/aromatic N) is 1. The molecule has 1 N–H and O–H groups in total. The third-order valence-electron chi connectivity index (χ3n) is 4.87. The number of amides is 1. The average Bonchev–Trinajstić information content (AvgIpc) is 3.18. The smallest absolute Gasteiger partial charge is 0.410 e. The van der Waals surface area contributed by atoms with Gasteiger partial charge in [-0.05, 0) is 51.9 Å². The highest BCUT2D eigenvalue weighted by Gasteiger charge is 2.36. The second kappa shape index (κ2) is 6.77. The van der Waals surface area contributed by atoms with Crippen molar-refractivity contribution in [2.24, 2.45) is 5.41 Å². The van der Waals surface area contributed by atoms with Crippen molar-refractivity contribution in [3.05, 3.63) is 0 Å². The summed E-state index contributed by atoms with van der Waals surface area (Å²) < 4.78 is 5.54. The second-order valence-electron chi connectivity index (χ2n) is 8.65. The maximum absolute atomic E-state index is 12.3. The fourth-order valence-electron chi connectivity index (χ4n) is 3.36. The van der Waals surface area contributed by atoms with Crippen LogP contribution in [0.3, 0.4) is 0 Å². The summed E-state index contributed by atoms with van der Waals surface area (Å²) in [6.07, 6.45) is 7.30. The summed E-state index contributed by atoms with van der Waals surface area (Å²) in [6, 6.07) is 0.969. The van der Waals surface area contributed by atoms with E-state index in [1.54, 1.807) is 0 Å². The van der Waals surface area contributed by atoms with Crippen LogP contribution < -0.4 is 5.32 Å². The molecule has 0 aromatic carbocycles. The minimum atomic E-state index is -0.414. The highest BCUT2D eigenvalue weighted by atomic mass is 16.6. The Hall–Kier alpha value is -0.770.